The first kappa shape index (κ1) is 64.8. The second-order valence-corrected chi connectivity index (χ2v) is 20.2. The zero-order valence-corrected chi connectivity index (χ0v) is 43.6. The number of allylic oxidation sites excluding steroid dienone is 1. The van der Waals surface area contributed by atoms with Crippen molar-refractivity contribution in [3.8, 4) is 0 Å². The highest BCUT2D eigenvalue weighted by Crippen LogP contribution is 2.35. The highest BCUT2D eigenvalue weighted by Gasteiger charge is 2.57. The zero-order chi connectivity index (χ0) is 52.4. The molecule has 2 heterocycles. The Morgan fingerprint density at radius 1 is 0.704 bits per heavy atom. The van der Waals surface area contributed by atoms with E-state index in [0.29, 0.717) is 6.42 Å². The van der Waals surface area contributed by atoms with Crippen LogP contribution in [0.4, 0.5) is 0 Å². The molecule has 0 aliphatic carbocycles. The monoisotopic (exact) mass is 1020 g/mol. The number of carboxylic acid groups (broad SMARTS) is 1. The molecular weight excluding hydrogens is 921 g/mol. The molecule has 0 saturated carbocycles. The van der Waals surface area contributed by atoms with E-state index in [1.165, 1.54) is 122 Å². The minimum Gasteiger partial charge on any atom is -0.477 e. The number of carbonyl (C=O) groups is 3. The maximum atomic E-state index is 13.3. The standard InChI is InChI=1S/C53H98N2O16/c1-4-6-8-10-12-14-16-18-19-21-23-25-27-29-31-33-44(61)55-39(40(58)32-30-28-26-24-22-20-17-15-13-11-9-7-5-2)36-68-51-49(65)48(64)47(63)43(70-51)37-69-53(52(66)67)34-41(59)45(54-38(3)57)50(71-53)46(62)42(60)35-56/h30,32,39-43,45-51,56,58-60,62-65H,4-29,31,33-37H2,1-3H3,(H,54,57)(H,55,61)(H,66,67)/b32-30+/t39-,40+,41-,42+,43+,45+,46-,47+,48-,49+,50+,51+,53+/m0/s1. The summed E-state index contributed by atoms with van der Waals surface area (Å²) in [5.41, 5.74) is 0. The van der Waals surface area contributed by atoms with Crippen LogP contribution >= 0.6 is 0 Å². The van der Waals surface area contributed by atoms with Crippen LogP contribution in [0.15, 0.2) is 12.2 Å². The Labute approximate surface area is 424 Å². The van der Waals surface area contributed by atoms with E-state index in [1.54, 1.807) is 6.08 Å². The lowest BCUT2D eigenvalue weighted by Gasteiger charge is -2.47. The molecule has 416 valence electrons. The second kappa shape index (κ2) is 38.3. The number of hydrogen-bond donors (Lipinski definition) is 11. The van der Waals surface area contributed by atoms with E-state index >= 15 is 0 Å². The van der Waals surface area contributed by atoms with E-state index in [9.17, 15) is 60.3 Å². The van der Waals surface area contributed by atoms with Crippen molar-refractivity contribution < 1.29 is 79.3 Å². The summed E-state index contributed by atoms with van der Waals surface area (Å²) < 4.78 is 23.0. The fraction of sp³-hybridized carbons (Fsp3) is 0.906. The largest absolute Gasteiger partial charge is 0.477 e. The van der Waals surface area contributed by atoms with Gasteiger partial charge in [0.2, 0.25) is 11.8 Å². The van der Waals surface area contributed by atoms with Crippen LogP contribution in [-0.2, 0) is 33.3 Å². The van der Waals surface area contributed by atoms with Gasteiger partial charge in [-0.15, -0.1) is 0 Å². The molecule has 18 heteroatoms. The number of carbonyl (C=O) groups excluding carboxylic acids is 2. The molecule has 0 aromatic carbocycles. The number of nitrogens with one attached hydrogen (secondary N) is 2. The van der Waals surface area contributed by atoms with E-state index in [-0.39, 0.29) is 12.3 Å². The van der Waals surface area contributed by atoms with E-state index in [1.807, 2.05) is 6.08 Å². The van der Waals surface area contributed by atoms with Crippen molar-refractivity contribution in [2.45, 2.75) is 286 Å². The maximum Gasteiger partial charge on any atom is 0.364 e. The Balaban J connectivity index is 2.03. The molecule has 2 rings (SSSR count). The summed E-state index contributed by atoms with van der Waals surface area (Å²) >= 11 is 0. The molecule has 2 aliphatic heterocycles. The molecule has 0 radical (unpaired) electrons. The number of ether oxygens (including phenoxy) is 4. The van der Waals surface area contributed by atoms with E-state index < -0.39 is 117 Å². The van der Waals surface area contributed by atoms with Crippen LogP contribution in [-0.4, -0.2) is 163 Å². The topological polar surface area (TPSA) is 294 Å². The van der Waals surface area contributed by atoms with Crippen molar-refractivity contribution in [2.75, 3.05) is 19.8 Å². The average molecular weight is 1020 g/mol. The molecule has 2 saturated heterocycles. The number of rotatable bonds is 42. The van der Waals surface area contributed by atoms with Gasteiger partial charge in [0.1, 0.15) is 42.7 Å². The van der Waals surface area contributed by atoms with Gasteiger partial charge in [-0.3, -0.25) is 9.59 Å². The minimum atomic E-state index is -2.78. The quantitative estimate of drug-likeness (QED) is 0.0272. The number of aliphatic hydroxyl groups excluding tert-OH is 8. The Hall–Kier alpha value is -2.33. The molecule has 0 aromatic heterocycles. The van der Waals surface area contributed by atoms with Crippen LogP contribution in [0.25, 0.3) is 0 Å². The molecule has 71 heavy (non-hydrogen) atoms. The Bertz CT molecular complexity index is 1430. The summed E-state index contributed by atoms with van der Waals surface area (Å²) in [7, 11) is 0. The zero-order valence-electron chi connectivity index (χ0n) is 43.6. The first-order chi connectivity index (χ1) is 34.1. The fourth-order valence-electron chi connectivity index (χ4n) is 9.34. The van der Waals surface area contributed by atoms with Gasteiger partial charge in [-0.1, -0.05) is 180 Å². The molecule has 11 N–H and O–H groups in total. The summed E-state index contributed by atoms with van der Waals surface area (Å²) in [6.45, 7) is 3.32. The number of hydrogen-bond acceptors (Lipinski definition) is 15. The number of amides is 2. The number of unbranched alkanes of at least 4 members (excludes halogenated alkanes) is 25. The summed E-state index contributed by atoms with van der Waals surface area (Å²) in [5, 5.41) is 101. The van der Waals surface area contributed by atoms with Crippen molar-refractivity contribution in [3.63, 3.8) is 0 Å². The van der Waals surface area contributed by atoms with Crippen LogP contribution in [0.5, 0.6) is 0 Å². The predicted molar refractivity (Wildman–Crippen MR) is 269 cm³/mol. The molecule has 0 bridgehead atoms. The third-order valence-electron chi connectivity index (χ3n) is 13.8. The summed E-state index contributed by atoms with van der Waals surface area (Å²) in [5.74, 6) is -5.57. The second-order valence-electron chi connectivity index (χ2n) is 20.2. The predicted octanol–water partition coefficient (Wildman–Crippen LogP) is 5.34. The van der Waals surface area contributed by atoms with Gasteiger partial charge >= 0.3 is 5.97 Å². The Morgan fingerprint density at radius 3 is 1.68 bits per heavy atom. The highest BCUT2D eigenvalue weighted by atomic mass is 16.7. The van der Waals surface area contributed by atoms with Crippen molar-refractivity contribution in [2.24, 2.45) is 0 Å². The van der Waals surface area contributed by atoms with Crippen LogP contribution in [0.2, 0.25) is 0 Å². The molecule has 2 aliphatic rings. The molecule has 0 spiro atoms. The van der Waals surface area contributed by atoms with Gasteiger partial charge < -0.3 is 75.5 Å². The molecule has 2 fully saturated rings. The number of aliphatic hydroxyl groups is 8. The SMILES string of the molecule is CCCCCCCCCCCCC/C=C/[C@@H](O)[C@H](CO[C@@H]1O[C@H](CO[C@]2(C(=O)O)C[C@H](O)[C@@H](NC(C)=O)[C@H]([C@@H](O)[C@H](O)CO)O2)[C@@H](O)[C@H](O)[C@H]1O)NC(=O)CCCCCCCCCCCCCCCCC. The maximum absolute atomic E-state index is 13.3. The van der Waals surface area contributed by atoms with Gasteiger partial charge in [0.05, 0.1) is 44.1 Å². The Kier molecular flexibility index (Phi) is 34.9. The summed E-state index contributed by atoms with van der Waals surface area (Å²) in [6.07, 6.45) is 17.2. The lowest BCUT2D eigenvalue weighted by molar-refractivity contribution is -0.339. The molecule has 13 atom stereocenters. The summed E-state index contributed by atoms with van der Waals surface area (Å²) in [4.78, 5) is 37.9. The van der Waals surface area contributed by atoms with Gasteiger partial charge in [-0.2, -0.15) is 0 Å². The van der Waals surface area contributed by atoms with Crippen LogP contribution < -0.4 is 10.6 Å². The molecule has 0 unspecified atom stereocenters. The first-order valence-electron chi connectivity index (χ1n) is 27.5. The van der Waals surface area contributed by atoms with Crippen LogP contribution in [0.3, 0.4) is 0 Å². The van der Waals surface area contributed by atoms with Gasteiger partial charge in [0.25, 0.3) is 5.79 Å². The minimum absolute atomic E-state index is 0.224. The Morgan fingerprint density at radius 2 is 1.20 bits per heavy atom. The first-order valence-corrected chi connectivity index (χ1v) is 27.5. The van der Waals surface area contributed by atoms with Crippen molar-refractivity contribution in [3.05, 3.63) is 12.2 Å². The van der Waals surface area contributed by atoms with Gasteiger partial charge in [-0.25, -0.2) is 4.79 Å². The summed E-state index contributed by atoms with van der Waals surface area (Å²) in [6, 6.07) is -2.46. The molecule has 0 aromatic rings. The van der Waals surface area contributed by atoms with Crippen LogP contribution in [0.1, 0.15) is 207 Å². The fourth-order valence-corrected chi connectivity index (χ4v) is 9.34. The smallest absolute Gasteiger partial charge is 0.364 e. The van der Waals surface area contributed by atoms with Crippen molar-refractivity contribution >= 4 is 17.8 Å². The average Bonchev–Trinajstić information content (AvgIpc) is 3.34. The van der Waals surface area contributed by atoms with Crippen LogP contribution in [0, 0.1) is 0 Å². The molecule has 2 amide bonds. The third kappa shape index (κ3) is 25.6. The number of aliphatic carboxylic acids is 1. The third-order valence-corrected chi connectivity index (χ3v) is 13.8. The highest BCUT2D eigenvalue weighted by molar-refractivity contribution is 5.77. The van der Waals surface area contributed by atoms with Crippen molar-refractivity contribution in [1.29, 1.82) is 0 Å². The van der Waals surface area contributed by atoms with Gasteiger partial charge in [0, 0.05) is 19.8 Å². The normalized spacial score (nSPS) is 26.5. The van der Waals surface area contributed by atoms with E-state index in [4.69, 9.17) is 18.9 Å². The van der Waals surface area contributed by atoms with Gasteiger partial charge in [-0.05, 0) is 19.3 Å². The van der Waals surface area contributed by atoms with E-state index in [2.05, 4.69) is 24.5 Å². The number of carboxylic acids is 1. The molecular formula is C53H98N2O16. The molecule has 18 nitrogen and oxygen atoms in total. The van der Waals surface area contributed by atoms with Gasteiger partial charge in [0.15, 0.2) is 6.29 Å². The van der Waals surface area contributed by atoms with Crippen molar-refractivity contribution in [1.82, 2.24) is 10.6 Å². The lowest BCUT2D eigenvalue weighted by Crippen LogP contribution is -2.68. The van der Waals surface area contributed by atoms with E-state index in [0.717, 1.165) is 51.9 Å². The lowest BCUT2D eigenvalue weighted by atomic mass is 9.88.